The van der Waals surface area contributed by atoms with Gasteiger partial charge >= 0.3 is 0 Å². The molecule has 24 heavy (non-hydrogen) atoms. The van der Waals surface area contributed by atoms with Crippen molar-refractivity contribution in [1.82, 2.24) is 14.9 Å². The highest BCUT2D eigenvalue weighted by Gasteiger charge is 2.32. The Morgan fingerprint density at radius 3 is 2.79 bits per heavy atom. The molecule has 2 aromatic rings. The molecule has 0 saturated carbocycles. The maximum absolute atomic E-state index is 12.7. The largest absolute Gasteiger partial charge is 0.340 e. The molecule has 1 N–H and O–H groups in total. The topological polar surface area (TPSA) is 49.0 Å². The van der Waals surface area contributed by atoms with Crippen LogP contribution in [0, 0.1) is 6.92 Å². The van der Waals surface area contributed by atoms with Crippen LogP contribution in [0.15, 0.2) is 30.5 Å². The van der Waals surface area contributed by atoms with Gasteiger partial charge in [0.1, 0.15) is 5.82 Å². The molecule has 1 fully saturated rings. The van der Waals surface area contributed by atoms with Crippen molar-refractivity contribution in [2.75, 3.05) is 12.8 Å². The molecule has 1 aliphatic heterocycles. The fourth-order valence-electron chi connectivity index (χ4n) is 3.20. The average Bonchev–Trinajstić information content (AvgIpc) is 3.11. The van der Waals surface area contributed by atoms with Crippen LogP contribution in [0.4, 0.5) is 0 Å². The Kier molecular flexibility index (Phi) is 5.29. The van der Waals surface area contributed by atoms with E-state index >= 15 is 0 Å². The van der Waals surface area contributed by atoms with Crippen molar-refractivity contribution in [2.24, 2.45) is 0 Å². The molecule has 5 heteroatoms. The molecule has 0 aliphatic carbocycles. The van der Waals surface area contributed by atoms with Crippen molar-refractivity contribution < 1.29 is 4.79 Å². The van der Waals surface area contributed by atoms with Gasteiger partial charge in [0.2, 0.25) is 5.91 Å². The second kappa shape index (κ2) is 7.43. The fourth-order valence-corrected chi connectivity index (χ4v) is 3.54. The quantitative estimate of drug-likeness (QED) is 0.905. The summed E-state index contributed by atoms with van der Waals surface area (Å²) in [4.78, 5) is 22.8. The Morgan fingerprint density at radius 1 is 1.33 bits per heavy atom. The molecular formula is C19H25N3OS. The summed E-state index contributed by atoms with van der Waals surface area (Å²) in [5.41, 5.74) is 3.39. The second-order valence-corrected chi connectivity index (χ2v) is 7.65. The number of thioether (sulfide) groups is 1. The molecule has 0 bridgehead atoms. The van der Waals surface area contributed by atoms with Crippen LogP contribution in [0.2, 0.25) is 0 Å². The van der Waals surface area contributed by atoms with Crippen LogP contribution in [-0.4, -0.2) is 38.8 Å². The first-order chi connectivity index (χ1) is 11.6. The van der Waals surface area contributed by atoms with Crippen LogP contribution in [0.5, 0.6) is 0 Å². The third kappa shape index (κ3) is 3.51. The number of nitrogens with zero attached hydrogens (tertiary/aromatic N) is 2. The van der Waals surface area contributed by atoms with Crippen molar-refractivity contribution in [3.05, 3.63) is 41.9 Å². The van der Waals surface area contributed by atoms with E-state index in [-0.39, 0.29) is 17.2 Å². The molecular weight excluding hydrogens is 318 g/mol. The zero-order valence-electron chi connectivity index (χ0n) is 14.6. The highest BCUT2D eigenvalue weighted by Crippen LogP contribution is 2.32. The van der Waals surface area contributed by atoms with Crippen LogP contribution < -0.4 is 0 Å². The number of aromatic amines is 1. The number of hydrogen-bond donors (Lipinski definition) is 1. The van der Waals surface area contributed by atoms with Crippen molar-refractivity contribution in [3.8, 4) is 11.3 Å². The fraction of sp³-hybridized carbons (Fsp3) is 0.474. The Morgan fingerprint density at radius 2 is 2.08 bits per heavy atom. The molecule has 3 rings (SSSR count). The molecule has 0 radical (unpaired) electrons. The van der Waals surface area contributed by atoms with Gasteiger partial charge in [0, 0.05) is 6.54 Å². The Hall–Kier alpha value is -1.75. The number of H-pyrrole nitrogens is 1. The molecule has 2 heterocycles. The van der Waals surface area contributed by atoms with E-state index < -0.39 is 0 Å². The Labute approximate surface area is 148 Å². The van der Waals surface area contributed by atoms with Crippen molar-refractivity contribution in [3.63, 3.8) is 0 Å². The predicted octanol–water partition coefficient (Wildman–Crippen LogP) is 4.19. The molecule has 1 aliphatic rings. The molecule has 0 spiro atoms. The van der Waals surface area contributed by atoms with Gasteiger partial charge in [-0.2, -0.15) is 11.8 Å². The van der Waals surface area contributed by atoms with Gasteiger partial charge in [-0.1, -0.05) is 29.8 Å². The summed E-state index contributed by atoms with van der Waals surface area (Å²) in [6, 6.07) is 8.48. The van der Waals surface area contributed by atoms with Crippen molar-refractivity contribution in [1.29, 1.82) is 0 Å². The summed E-state index contributed by atoms with van der Waals surface area (Å²) >= 11 is 1.61. The molecule has 2 unspecified atom stereocenters. The normalized spacial score (nSPS) is 19.3. The van der Waals surface area contributed by atoms with E-state index in [1.165, 1.54) is 5.56 Å². The third-order valence-electron chi connectivity index (χ3n) is 4.76. The number of aromatic nitrogens is 2. The molecule has 1 amide bonds. The molecule has 1 saturated heterocycles. The number of likely N-dealkylation sites (tertiary alicyclic amines) is 1. The number of hydrogen-bond acceptors (Lipinski definition) is 3. The number of rotatable bonds is 4. The first-order valence-electron chi connectivity index (χ1n) is 8.55. The van der Waals surface area contributed by atoms with E-state index in [4.69, 9.17) is 0 Å². The first kappa shape index (κ1) is 17.1. The lowest BCUT2D eigenvalue weighted by Gasteiger charge is -2.36. The zero-order chi connectivity index (χ0) is 17.1. The van der Waals surface area contributed by atoms with Gasteiger partial charge in [0.05, 0.1) is 23.2 Å². The smallest absolute Gasteiger partial charge is 0.236 e. The van der Waals surface area contributed by atoms with Gasteiger partial charge in [0.15, 0.2) is 0 Å². The monoisotopic (exact) mass is 343 g/mol. The summed E-state index contributed by atoms with van der Waals surface area (Å²) in [5, 5.41) is -0.00266. The summed E-state index contributed by atoms with van der Waals surface area (Å²) < 4.78 is 0. The molecule has 4 nitrogen and oxygen atoms in total. The van der Waals surface area contributed by atoms with E-state index in [9.17, 15) is 4.79 Å². The summed E-state index contributed by atoms with van der Waals surface area (Å²) in [5.74, 6) is 1.13. The second-order valence-electron chi connectivity index (χ2n) is 6.47. The molecule has 1 aromatic carbocycles. The Bertz CT molecular complexity index is 695. The van der Waals surface area contributed by atoms with Gasteiger partial charge in [0.25, 0.3) is 0 Å². The SMILES string of the molecule is CSC(C)C(=O)N1CCCCC1c1ncc(-c2ccc(C)cc2)[nH]1. The Balaban J connectivity index is 1.84. The van der Waals surface area contributed by atoms with Gasteiger partial charge in [-0.3, -0.25) is 4.79 Å². The molecule has 1 aromatic heterocycles. The lowest BCUT2D eigenvalue weighted by Crippen LogP contribution is -2.42. The lowest BCUT2D eigenvalue weighted by atomic mass is 10.0. The maximum Gasteiger partial charge on any atom is 0.236 e. The van der Waals surface area contributed by atoms with E-state index in [1.54, 1.807) is 11.8 Å². The summed E-state index contributed by atoms with van der Waals surface area (Å²) in [7, 11) is 0. The average molecular weight is 343 g/mol. The number of amides is 1. The summed E-state index contributed by atoms with van der Waals surface area (Å²) in [6.07, 6.45) is 7.07. The van der Waals surface area contributed by atoms with Gasteiger partial charge < -0.3 is 9.88 Å². The number of nitrogens with one attached hydrogen (secondary N) is 1. The third-order valence-corrected chi connectivity index (χ3v) is 5.67. The van der Waals surface area contributed by atoms with Gasteiger partial charge in [-0.25, -0.2) is 4.98 Å². The van der Waals surface area contributed by atoms with Crippen LogP contribution in [0.3, 0.4) is 0 Å². The van der Waals surface area contributed by atoms with E-state index in [0.717, 1.165) is 42.9 Å². The number of piperidine rings is 1. The first-order valence-corrected chi connectivity index (χ1v) is 9.84. The van der Waals surface area contributed by atoms with Gasteiger partial charge in [-0.05, 0) is 44.9 Å². The minimum absolute atomic E-state index is 0.00266. The number of imidazole rings is 1. The van der Waals surface area contributed by atoms with E-state index in [2.05, 4.69) is 41.2 Å². The van der Waals surface area contributed by atoms with E-state index in [1.807, 2.05) is 24.3 Å². The number of aryl methyl sites for hydroxylation is 1. The van der Waals surface area contributed by atoms with E-state index in [0.29, 0.717) is 0 Å². The lowest BCUT2D eigenvalue weighted by molar-refractivity contribution is -0.134. The highest BCUT2D eigenvalue weighted by molar-refractivity contribution is 7.99. The van der Waals surface area contributed by atoms with Crippen LogP contribution in [0.1, 0.15) is 43.6 Å². The number of benzene rings is 1. The maximum atomic E-state index is 12.7. The molecule has 128 valence electrons. The van der Waals surface area contributed by atoms with Gasteiger partial charge in [-0.15, -0.1) is 0 Å². The van der Waals surface area contributed by atoms with Crippen LogP contribution in [0.25, 0.3) is 11.3 Å². The number of carbonyl (C=O) groups is 1. The van der Waals surface area contributed by atoms with Crippen molar-refractivity contribution in [2.45, 2.75) is 44.4 Å². The standard InChI is InChI=1S/C19H25N3OS/c1-13-7-9-15(10-8-13)16-12-20-18(21-16)17-6-4-5-11-22(17)19(23)14(2)24-3/h7-10,12,14,17H,4-6,11H2,1-3H3,(H,20,21). The molecule has 2 atom stereocenters. The summed E-state index contributed by atoms with van der Waals surface area (Å²) in [6.45, 7) is 4.90. The van der Waals surface area contributed by atoms with Crippen LogP contribution >= 0.6 is 11.8 Å². The zero-order valence-corrected chi connectivity index (χ0v) is 15.4. The minimum atomic E-state index is -0.00266. The predicted molar refractivity (Wildman–Crippen MR) is 100 cm³/mol. The minimum Gasteiger partial charge on any atom is -0.340 e. The van der Waals surface area contributed by atoms with Crippen molar-refractivity contribution >= 4 is 17.7 Å². The number of carbonyl (C=O) groups excluding carboxylic acids is 1. The van der Waals surface area contributed by atoms with Crippen LogP contribution in [-0.2, 0) is 4.79 Å². The highest BCUT2D eigenvalue weighted by atomic mass is 32.2.